The maximum absolute atomic E-state index is 13.0. The lowest BCUT2D eigenvalue weighted by Crippen LogP contribution is -2.47. The summed E-state index contributed by atoms with van der Waals surface area (Å²) in [5, 5.41) is 9.85. The third-order valence-electron chi connectivity index (χ3n) is 5.54. The smallest absolute Gasteiger partial charge is 0.251 e. The van der Waals surface area contributed by atoms with E-state index in [1.165, 1.54) is 28.6 Å². The van der Waals surface area contributed by atoms with Gasteiger partial charge in [0.2, 0.25) is 15.9 Å². The SMILES string of the molecule is CCN(CC)S(=O)(=O)c1cccc(C(=O)N[C@@H](C(=O)Nc2ccn(-c3ccccc3)n2)C(C)C)c1. The zero-order valence-corrected chi connectivity index (χ0v) is 21.1. The fraction of sp³-hybridized carbons (Fsp3) is 0.320. The normalized spacial score (nSPS) is 12.5. The van der Waals surface area contributed by atoms with Crippen LogP contribution in [0.15, 0.2) is 71.8 Å². The van der Waals surface area contributed by atoms with E-state index in [1.54, 1.807) is 30.8 Å². The van der Waals surface area contributed by atoms with Gasteiger partial charge in [0, 0.05) is 30.9 Å². The first-order chi connectivity index (χ1) is 16.7. The van der Waals surface area contributed by atoms with E-state index in [2.05, 4.69) is 15.7 Å². The molecule has 2 amide bonds. The van der Waals surface area contributed by atoms with Gasteiger partial charge in [-0.2, -0.15) is 9.40 Å². The summed E-state index contributed by atoms with van der Waals surface area (Å²) in [6, 6.07) is 16.1. The average molecular weight is 498 g/mol. The zero-order chi connectivity index (χ0) is 25.6. The Hall–Kier alpha value is -3.50. The minimum atomic E-state index is -3.72. The van der Waals surface area contributed by atoms with Crippen molar-refractivity contribution in [2.45, 2.75) is 38.6 Å². The number of anilines is 1. The number of carbonyl (C=O) groups excluding carboxylic acids is 2. The maximum Gasteiger partial charge on any atom is 0.251 e. The summed E-state index contributed by atoms with van der Waals surface area (Å²) in [5.41, 5.74) is 1.01. The first-order valence-corrected chi connectivity index (χ1v) is 12.9. The van der Waals surface area contributed by atoms with Crippen LogP contribution in [-0.4, -0.2) is 53.4 Å². The fourth-order valence-corrected chi connectivity index (χ4v) is 5.09. The first-order valence-electron chi connectivity index (χ1n) is 11.5. The monoisotopic (exact) mass is 497 g/mol. The topological polar surface area (TPSA) is 113 Å². The molecule has 0 spiro atoms. The van der Waals surface area contributed by atoms with Crippen molar-refractivity contribution >= 4 is 27.7 Å². The largest absolute Gasteiger partial charge is 0.340 e. The number of hydrogen-bond acceptors (Lipinski definition) is 5. The van der Waals surface area contributed by atoms with Crippen molar-refractivity contribution in [3.8, 4) is 5.69 Å². The van der Waals surface area contributed by atoms with Gasteiger partial charge in [-0.05, 0) is 36.2 Å². The van der Waals surface area contributed by atoms with Gasteiger partial charge >= 0.3 is 0 Å². The Balaban J connectivity index is 1.75. The van der Waals surface area contributed by atoms with Gasteiger partial charge in [-0.1, -0.05) is 52.0 Å². The first kappa shape index (κ1) is 26.1. The minimum Gasteiger partial charge on any atom is -0.340 e. The van der Waals surface area contributed by atoms with E-state index in [0.29, 0.717) is 18.9 Å². The van der Waals surface area contributed by atoms with Crippen LogP contribution in [0.1, 0.15) is 38.1 Å². The zero-order valence-electron chi connectivity index (χ0n) is 20.3. The highest BCUT2D eigenvalue weighted by Gasteiger charge is 2.27. The molecule has 0 aliphatic heterocycles. The number of carbonyl (C=O) groups is 2. The van der Waals surface area contributed by atoms with Crippen molar-refractivity contribution in [2.24, 2.45) is 5.92 Å². The lowest BCUT2D eigenvalue weighted by molar-refractivity contribution is -0.118. The van der Waals surface area contributed by atoms with Crippen LogP contribution in [0, 0.1) is 5.92 Å². The Morgan fingerprint density at radius 3 is 2.31 bits per heavy atom. The molecule has 0 bridgehead atoms. The molecule has 0 aliphatic rings. The van der Waals surface area contributed by atoms with Crippen LogP contribution in [0.2, 0.25) is 0 Å². The molecule has 10 heteroatoms. The third-order valence-corrected chi connectivity index (χ3v) is 7.58. The molecule has 3 rings (SSSR count). The summed E-state index contributed by atoms with van der Waals surface area (Å²) in [4.78, 5) is 26.0. The molecule has 1 aromatic heterocycles. The number of para-hydroxylation sites is 1. The molecule has 3 aromatic rings. The number of amides is 2. The van der Waals surface area contributed by atoms with Crippen LogP contribution in [0.25, 0.3) is 5.69 Å². The summed E-state index contributed by atoms with van der Waals surface area (Å²) >= 11 is 0. The minimum absolute atomic E-state index is 0.0332. The van der Waals surface area contributed by atoms with Crippen molar-refractivity contribution in [1.82, 2.24) is 19.4 Å². The Labute approximate surface area is 206 Å². The number of nitrogens with zero attached hydrogens (tertiary/aromatic N) is 3. The molecular weight excluding hydrogens is 466 g/mol. The van der Waals surface area contributed by atoms with Gasteiger partial charge < -0.3 is 10.6 Å². The molecule has 2 aromatic carbocycles. The fourth-order valence-electron chi connectivity index (χ4n) is 3.59. The predicted molar refractivity (Wildman–Crippen MR) is 135 cm³/mol. The molecule has 35 heavy (non-hydrogen) atoms. The quantitative estimate of drug-likeness (QED) is 0.446. The Morgan fingerprint density at radius 1 is 1.00 bits per heavy atom. The molecule has 0 radical (unpaired) electrons. The lowest BCUT2D eigenvalue weighted by atomic mass is 10.0. The molecule has 0 aliphatic carbocycles. The van der Waals surface area contributed by atoms with Gasteiger partial charge in [0.15, 0.2) is 5.82 Å². The molecule has 1 atom stereocenters. The molecule has 0 saturated heterocycles. The molecule has 1 heterocycles. The van der Waals surface area contributed by atoms with Gasteiger partial charge in [-0.15, -0.1) is 0 Å². The maximum atomic E-state index is 13.0. The van der Waals surface area contributed by atoms with Crippen LogP contribution in [0.3, 0.4) is 0 Å². The van der Waals surface area contributed by atoms with Crippen LogP contribution in [0.4, 0.5) is 5.82 Å². The van der Waals surface area contributed by atoms with E-state index < -0.39 is 27.9 Å². The van der Waals surface area contributed by atoms with E-state index in [1.807, 2.05) is 44.2 Å². The Kier molecular flexibility index (Phi) is 8.42. The highest BCUT2D eigenvalue weighted by atomic mass is 32.2. The van der Waals surface area contributed by atoms with Gasteiger partial charge in [-0.3, -0.25) is 9.59 Å². The van der Waals surface area contributed by atoms with E-state index in [9.17, 15) is 18.0 Å². The van der Waals surface area contributed by atoms with Crippen LogP contribution >= 0.6 is 0 Å². The van der Waals surface area contributed by atoms with Crippen molar-refractivity contribution in [2.75, 3.05) is 18.4 Å². The van der Waals surface area contributed by atoms with Crippen LogP contribution in [-0.2, 0) is 14.8 Å². The van der Waals surface area contributed by atoms with Crippen molar-refractivity contribution in [3.05, 3.63) is 72.4 Å². The number of nitrogens with one attached hydrogen (secondary N) is 2. The predicted octanol–water partition coefficient (Wildman–Crippen LogP) is 3.30. The standard InChI is InChI=1S/C25H31N5O4S/c1-5-29(6-2)35(33,34)21-14-10-11-19(17-21)24(31)27-23(18(3)4)25(32)26-22-15-16-30(28-22)20-12-8-7-9-13-20/h7-18,23H,5-6H2,1-4H3,(H,27,31)(H,26,28,32)/t23-/m1/s1. The van der Waals surface area contributed by atoms with Gasteiger partial charge in [0.25, 0.3) is 5.91 Å². The second kappa shape index (κ2) is 11.3. The van der Waals surface area contributed by atoms with E-state index in [4.69, 9.17) is 0 Å². The van der Waals surface area contributed by atoms with Crippen LogP contribution in [0.5, 0.6) is 0 Å². The highest BCUT2D eigenvalue weighted by molar-refractivity contribution is 7.89. The van der Waals surface area contributed by atoms with Crippen LogP contribution < -0.4 is 10.6 Å². The molecule has 0 unspecified atom stereocenters. The van der Waals surface area contributed by atoms with E-state index in [-0.39, 0.29) is 16.4 Å². The van der Waals surface area contributed by atoms with E-state index in [0.717, 1.165) is 5.69 Å². The van der Waals surface area contributed by atoms with Gasteiger partial charge in [-0.25, -0.2) is 13.1 Å². The molecule has 0 saturated carbocycles. The number of hydrogen-bond donors (Lipinski definition) is 2. The Morgan fingerprint density at radius 2 is 1.69 bits per heavy atom. The average Bonchev–Trinajstić information content (AvgIpc) is 3.31. The lowest BCUT2D eigenvalue weighted by Gasteiger charge is -2.22. The summed E-state index contributed by atoms with van der Waals surface area (Å²) in [6.07, 6.45) is 1.73. The summed E-state index contributed by atoms with van der Waals surface area (Å²) < 4.78 is 28.6. The van der Waals surface area contributed by atoms with Crippen molar-refractivity contribution in [3.63, 3.8) is 0 Å². The van der Waals surface area contributed by atoms with Gasteiger partial charge in [0.1, 0.15) is 6.04 Å². The summed E-state index contributed by atoms with van der Waals surface area (Å²) in [7, 11) is -3.72. The van der Waals surface area contributed by atoms with Crippen molar-refractivity contribution in [1.29, 1.82) is 0 Å². The number of benzene rings is 2. The number of rotatable bonds is 10. The molecule has 2 N–H and O–H groups in total. The highest BCUT2D eigenvalue weighted by Crippen LogP contribution is 2.18. The van der Waals surface area contributed by atoms with E-state index >= 15 is 0 Å². The van der Waals surface area contributed by atoms with Crippen molar-refractivity contribution < 1.29 is 18.0 Å². The second-order valence-corrected chi connectivity index (χ2v) is 10.2. The summed E-state index contributed by atoms with van der Waals surface area (Å²) in [6.45, 7) is 7.79. The molecule has 9 nitrogen and oxygen atoms in total. The molecule has 0 fully saturated rings. The molecule has 186 valence electrons. The summed E-state index contributed by atoms with van der Waals surface area (Å²) in [5.74, 6) is -0.826. The third kappa shape index (κ3) is 6.14. The second-order valence-electron chi connectivity index (χ2n) is 8.28. The Bertz CT molecular complexity index is 1270. The number of aromatic nitrogens is 2. The number of sulfonamides is 1. The molecular formula is C25H31N5O4S. The van der Waals surface area contributed by atoms with Gasteiger partial charge in [0.05, 0.1) is 10.6 Å².